The van der Waals surface area contributed by atoms with Crippen LogP contribution >= 0.6 is 0 Å². The fourth-order valence-corrected chi connectivity index (χ4v) is 3.67. The van der Waals surface area contributed by atoms with E-state index in [0.717, 1.165) is 24.9 Å². The SMILES string of the molecule is CCCCNC(=O)CC(c1ccc(C(C)(C)C)cc1)c1c[nH]c2ccccc12. The molecule has 0 bridgehead atoms. The molecule has 148 valence electrons. The van der Waals surface area contributed by atoms with Crippen LogP contribution in [-0.4, -0.2) is 17.4 Å². The zero-order valence-electron chi connectivity index (χ0n) is 17.5. The van der Waals surface area contributed by atoms with E-state index in [1.807, 2.05) is 6.07 Å². The Kier molecular flexibility index (Phi) is 6.23. The van der Waals surface area contributed by atoms with Gasteiger partial charge in [-0.05, 0) is 34.6 Å². The molecule has 3 aromatic rings. The number of amides is 1. The Morgan fingerprint density at radius 2 is 1.79 bits per heavy atom. The number of unbranched alkanes of at least 4 members (excludes halogenated alkanes) is 1. The molecule has 1 unspecified atom stereocenters. The van der Waals surface area contributed by atoms with Crippen LogP contribution in [0.5, 0.6) is 0 Å². The van der Waals surface area contributed by atoms with E-state index in [9.17, 15) is 4.79 Å². The van der Waals surface area contributed by atoms with E-state index in [2.05, 4.69) is 86.7 Å². The summed E-state index contributed by atoms with van der Waals surface area (Å²) >= 11 is 0. The minimum atomic E-state index is 0.0341. The Hall–Kier alpha value is -2.55. The standard InChI is InChI=1S/C25H32N2O/c1-5-6-15-26-24(28)16-21(18-11-13-19(14-12-18)25(2,3)4)22-17-27-23-10-8-7-9-20(22)23/h7-14,17,21,27H,5-6,15-16H2,1-4H3,(H,26,28). The predicted molar refractivity (Wildman–Crippen MR) is 118 cm³/mol. The number of aromatic nitrogens is 1. The third-order valence-electron chi connectivity index (χ3n) is 5.42. The van der Waals surface area contributed by atoms with Crippen molar-refractivity contribution < 1.29 is 4.79 Å². The van der Waals surface area contributed by atoms with Crippen LogP contribution in [-0.2, 0) is 10.2 Å². The molecule has 0 radical (unpaired) electrons. The average molecular weight is 377 g/mol. The largest absolute Gasteiger partial charge is 0.361 e. The highest BCUT2D eigenvalue weighted by Gasteiger charge is 2.22. The molecule has 0 saturated carbocycles. The molecule has 3 rings (SSSR count). The van der Waals surface area contributed by atoms with E-state index < -0.39 is 0 Å². The first-order valence-corrected chi connectivity index (χ1v) is 10.3. The lowest BCUT2D eigenvalue weighted by Crippen LogP contribution is -2.26. The van der Waals surface area contributed by atoms with Gasteiger partial charge in [0.2, 0.25) is 5.91 Å². The summed E-state index contributed by atoms with van der Waals surface area (Å²) in [5, 5.41) is 4.27. The van der Waals surface area contributed by atoms with Gasteiger partial charge in [-0.25, -0.2) is 0 Å². The zero-order chi connectivity index (χ0) is 20.1. The van der Waals surface area contributed by atoms with Gasteiger partial charge in [0.1, 0.15) is 0 Å². The maximum absolute atomic E-state index is 12.6. The normalized spacial score (nSPS) is 12.9. The van der Waals surface area contributed by atoms with Gasteiger partial charge in [0.25, 0.3) is 0 Å². The highest BCUT2D eigenvalue weighted by atomic mass is 16.1. The molecule has 2 N–H and O–H groups in total. The topological polar surface area (TPSA) is 44.9 Å². The fraction of sp³-hybridized carbons (Fsp3) is 0.400. The van der Waals surface area contributed by atoms with Crippen LogP contribution < -0.4 is 5.32 Å². The van der Waals surface area contributed by atoms with Gasteiger partial charge in [0.15, 0.2) is 0 Å². The number of para-hydroxylation sites is 1. The van der Waals surface area contributed by atoms with Crippen molar-refractivity contribution in [2.45, 2.75) is 58.3 Å². The first-order chi connectivity index (χ1) is 13.4. The van der Waals surface area contributed by atoms with Crippen molar-refractivity contribution in [3.05, 3.63) is 71.4 Å². The molecule has 0 aliphatic carbocycles. The predicted octanol–water partition coefficient (Wildman–Crippen LogP) is 5.90. The first kappa shape index (κ1) is 20.2. The van der Waals surface area contributed by atoms with E-state index in [1.165, 1.54) is 22.1 Å². The van der Waals surface area contributed by atoms with Crippen LogP contribution in [0.1, 0.15) is 69.6 Å². The second kappa shape index (κ2) is 8.64. The summed E-state index contributed by atoms with van der Waals surface area (Å²) in [6, 6.07) is 17.1. The van der Waals surface area contributed by atoms with Gasteiger partial charge in [0.05, 0.1) is 0 Å². The van der Waals surface area contributed by atoms with Crippen molar-refractivity contribution >= 4 is 16.8 Å². The van der Waals surface area contributed by atoms with E-state index in [4.69, 9.17) is 0 Å². The zero-order valence-corrected chi connectivity index (χ0v) is 17.5. The van der Waals surface area contributed by atoms with Crippen molar-refractivity contribution in [3.63, 3.8) is 0 Å². The fourth-order valence-electron chi connectivity index (χ4n) is 3.67. The third-order valence-corrected chi connectivity index (χ3v) is 5.42. The summed E-state index contributed by atoms with van der Waals surface area (Å²) in [5.74, 6) is 0.149. The van der Waals surface area contributed by atoms with Crippen molar-refractivity contribution in [1.82, 2.24) is 10.3 Å². The summed E-state index contributed by atoms with van der Waals surface area (Å²) in [6.07, 6.45) is 4.62. The minimum Gasteiger partial charge on any atom is -0.361 e. The van der Waals surface area contributed by atoms with Crippen LogP contribution in [0, 0.1) is 0 Å². The van der Waals surface area contributed by atoms with Crippen molar-refractivity contribution in [1.29, 1.82) is 0 Å². The quantitative estimate of drug-likeness (QED) is 0.495. The van der Waals surface area contributed by atoms with E-state index >= 15 is 0 Å². The Morgan fingerprint density at radius 3 is 2.46 bits per heavy atom. The van der Waals surface area contributed by atoms with E-state index in [1.54, 1.807) is 0 Å². The monoisotopic (exact) mass is 376 g/mol. The number of fused-ring (bicyclic) bond motifs is 1. The summed E-state index contributed by atoms with van der Waals surface area (Å²) in [6.45, 7) is 9.55. The minimum absolute atomic E-state index is 0.0341. The molecular weight excluding hydrogens is 344 g/mol. The summed E-state index contributed by atoms with van der Waals surface area (Å²) in [5.41, 5.74) is 4.90. The molecule has 28 heavy (non-hydrogen) atoms. The lowest BCUT2D eigenvalue weighted by atomic mass is 9.83. The highest BCUT2D eigenvalue weighted by molar-refractivity contribution is 5.86. The first-order valence-electron chi connectivity index (χ1n) is 10.3. The number of hydrogen-bond donors (Lipinski definition) is 2. The molecule has 2 aromatic carbocycles. The molecule has 0 saturated heterocycles. The van der Waals surface area contributed by atoms with Gasteiger partial charge in [0, 0.05) is 36.0 Å². The molecule has 0 aliphatic heterocycles. The smallest absolute Gasteiger partial charge is 0.220 e. The summed E-state index contributed by atoms with van der Waals surface area (Å²) < 4.78 is 0. The maximum atomic E-state index is 12.6. The van der Waals surface area contributed by atoms with Crippen LogP contribution in [0.3, 0.4) is 0 Å². The Labute approximate surface area is 168 Å². The van der Waals surface area contributed by atoms with Gasteiger partial charge in [-0.15, -0.1) is 0 Å². The average Bonchev–Trinajstić information content (AvgIpc) is 3.10. The Morgan fingerprint density at radius 1 is 1.07 bits per heavy atom. The highest BCUT2D eigenvalue weighted by Crippen LogP contribution is 2.34. The van der Waals surface area contributed by atoms with Crippen LogP contribution in [0.15, 0.2) is 54.7 Å². The molecule has 0 aliphatic rings. The number of aromatic amines is 1. The molecule has 3 nitrogen and oxygen atoms in total. The lowest BCUT2D eigenvalue weighted by Gasteiger charge is -2.22. The number of H-pyrrole nitrogens is 1. The van der Waals surface area contributed by atoms with Gasteiger partial charge in [-0.3, -0.25) is 4.79 Å². The number of rotatable bonds is 7. The van der Waals surface area contributed by atoms with Crippen LogP contribution in [0.25, 0.3) is 10.9 Å². The number of carbonyl (C=O) groups excluding carboxylic acids is 1. The molecule has 3 heteroatoms. The van der Waals surface area contributed by atoms with Gasteiger partial charge in [-0.2, -0.15) is 0 Å². The number of hydrogen-bond acceptors (Lipinski definition) is 1. The van der Waals surface area contributed by atoms with Gasteiger partial charge < -0.3 is 10.3 Å². The molecule has 1 heterocycles. The van der Waals surface area contributed by atoms with Crippen molar-refractivity contribution in [3.8, 4) is 0 Å². The van der Waals surface area contributed by atoms with Gasteiger partial charge >= 0.3 is 0 Å². The maximum Gasteiger partial charge on any atom is 0.220 e. The Balaban J connectivity index is 1.94. The Bertz CT molecular complexity index is 916. The molecule has 1 amide bonds. The molecular formula is C25H32N2O. The number of nitrogens with one attached hydrogen (secondary N) is 2. The summed E-state index contributed by atoms with van der Waals surface area (Å²) in [7, 11) is 0. The van der Waals surface area contributed by atoms with Crippen molar-refractivity contribution in [2.24, 2.45) is 0 Å². The van der Waals surface area contributed by atoms with Crippen LogP contribution in [0.2, 0.25) is 0 Å². The third kappa shape index (κ3) is 4.64. The molecule has 1 aromatic heterocycles. The van der Waals surface area contributed by atoms with Gasteiger partial charge in [-0.1, -0.05) is 76.6 Å². The van der Waals surface area contributed by atoms with E-state index in [0.29, 0.717) is 6.42 Å². The molecule has 1 atom stereocenters. The summed E-state index contributed by atoms with van der Waals surface area (Å²) in [4.78, 5) is 16.0. The second-order valence-corrected chi connectivity index (χ2v) is 8.62. The number of benzene rings is 2. The molecule has 0 fully saturated rings. The van der Waals surface area contributed by atoms with E-state index in [-0.39, 0.29) is 17.2 Å². The lowest BCUT2D eigenvalue weighted by molar-refractivity contribution is -0.121. The number of carbonyl (C=O) groups is 1. The molecule has 0 spiro atoms. The van der Waals surface area contributed by atoms with Crippen LogP contribution in [0.4, 0.5) is 0 Å². The second-order valence-electron chi connectivity index (χ2n) is 8.62. The van der Waals surface area contributed by atoms with Crippen molar-refractivity contribution in [2.75, 3.05) is 6.54 Å².